The van der Waals surface area contributed by atoms with Crippen molar-refractivity contribution in [2.75, 3.05) is 20.8 Å². The van der Waals surface area contributed by atoms with Crippen LogP contribution in [0.3, 0.4) is 0 Å². The molecule has 6 heteroatoms. The Bertz CT molecular complexity index is 531. The van der Waals surface area contributed by atoms with Crippen LogP contribution in [0.4, 0.5) is 0 Å². The van der Waals surface area contributed by atoms with E-state index in [1.165, 1.54) is 26.4 Å². The first-order valence-corrected chi connectivity index (χ1v) is 6.18. The molecule has 0 spiro atoms. The number of benzene rings is 1. The summed E-state index contributed by atoms with van der Waals surface area (Å²) in [6.45, 7) is -0.0807. The maximum atomic E-state index is 11.9. The summed E-state index contributed by atoms with van der Waals surface area (Å²) in [7, 11) is -0.853. The van der Waals surface area contributed by atoms with E-state index >= 15 is 0 Å². The lowest BCUT2D eigenvalue weighted by atomic mass is 10.3. The quantitative estimate of drug-likeness (QED) is 0.783. The zero-order chi connectivity index (χ0) is 12.9. The summed E-state index contributed by atoms with van der Waals surface area (Å²) >= 11 is 0. The second-order valence-corrected chi connectivity index (χ2v) is 4.78. The molecule has 1 aromatic rings. The number of nitrogens with one attached hydrogen (secondary N) is 1. The molecule has 92 valence electrons. The first-order chi connectivity index (χ1) is 8.05. The third kappa shape index (κ3) is 3.12. The van der Waals surface area contributed by atoms with Gasteiger partial charge in [0, 0.05) is 6.07 Å². The van der Waals surface area contributed by atoms with Crippen molar-refractivity contribution in [3.8, 4) is 23.8 Å². The lowest BCUT2D eigenvalue weighted by Crippen LogP contribution is -2.24. The van der Waals surface area contributed by atoms with E-state index in [0.29, 0.717) is 5.75 Å². The van der Waals surface area contributed by atoms with E-state index in [0.717, 1.165) is 0 Å². The van der Waals surface area contributed by atoms with Crippen LogP contribution in [0.1, 0.15) is 0 Å². The Kier molecular flexibility index (Phi) is 4.37. The van der Waals surface area contributed by atoms with Gasteiger partial charge in [-0.25, -0.2) is 8.42 Å². The maximum absolute atomic E-state index is 11.9. The van der Waals surface area contributed by atoms with Crippen LogP contribution in [0.5, 0.6) is 11.5 Å². The Morgan fingerprint density at radius 1 is 1.35 bits per heavy atom. The van der Waals surface area contributed by atoms with Gasteiger partial charge in [-0.3, -0.25) is 0 Å². The molecule has 0 fully saturated rings. The number of hydrogen-bond acceptors (Lipinski definition) is 4. The van der Waals surface area contributed by atoms with Gasteiger partial charge in [0.2, 0.25) is 10.0 Å². The summed E-state index contributed by atoms with van der Waals surface area (Å²) < 4.78 is 36.0. The molecule has 0 bridgehead atoms. The lowest BCUT2D eigenvalue weighted by molar-refractivity contribution is 0.392. The van der Waals surface area contributed by atoms with Crippen LogP contribution in [-0.2, 0) is 10.0 Å². The molecule has 1 N–H and O–H groups in total. The molecular formula is C11H13NO4S. The molecule has 0 aliphatic rings. The SMILES string of the molecule is C#CCNS(=O)(=O)c1cc(OC)ccc1OC. The normalized spacial score (nSPS) is 10.6. The van der Waals surface area contributed by atoms with Gasteiger partial charge < -0.3 is 9.47 Å². The van der Waals surface area contributed by atoms with Crippen molar-refractivity contribution in [1.29, 1.82) is 0 Å². The van der Waals surface area contributed by atoms with E-state index in [1.54, 1.807) is 6.07 Å². The second-order valence-electron chi connectivity index (χ2n) is 3.05. The van der Waals surface area contributed by atoms with Crippen molar-refractivity contribution in [3.05, 3.63) is 18.2 Å². The van der Waals surface area contributed by atoms with Crippen LogP contribution >= 0.6 is 0 Å². The predicted octanol–water partition coefficient (Wildman–Crippen LogP) is 0.615. The Balaban J connectivity index is 3.23. The minimum Gasteiger partial charge on any atom is -0.497 e. The third-order valence-corrected chi connectivity index (χ3v) is 3.45. The fraction of sp³-hybridized carbons (Fsp3) is 0.273. The van der Waals surface area contributed by atoms with Gasteiger partial charge in [-0.2, -0.15) is 4.72 Å². The molecule has 0 saturated heterocycles. The summed E-state index contributed by atoms with van der Waals surface area (Å²) in [5.74, 6) is 2.85. The van der Waals surface area contributed by atoms with E-state index in [9.17, 15) is 8.42 Å². The number of sulfonamides is 1. The van der Waals surface area contributed by atoms with Gasteiger partial charge >= 0.3 is 0 Å². The summed E-state index contributed by atoms with van der Waals surface area (Å²) in [4.78, 5) is -0.00500. The first kappa shape index (κ1) is 13.4. The standard InChI is InChI=1S/C11H13NO4S/c1-4-7-12-17(13,14)11-8-9(15-2)5-6-10(11)16-3/h1,5-6,8,12H,7H2,2-3H3. The Morgan fingerprint density at radius 2 is 2.06 bits per heavy atom. The fourth-order valence-corrected chi connectivity index (χ4v) is 2.32. The van der Waals surface area contributed by atoms with Gasteiger partial charge in [0.15, 0.2) is 0 Å². The second kappa shape index (κ2) is 5.57. The highest BCUT2D eigenvalue weighted by Gasteiger charge is 2.19. The number of hydrogen-bond donors (Lipinski definition) is 1. The van der Waals surface area contributed by atoms with Crippen LogP contribution in [0.2, 0.25) is 0 Å². The van der Waals surface area contributed by atoms with Gasteiger partial charge in [-0.1, -0.05) is 5.92 Å². The van der Waals surface area contributed by atoms with E-state index in [4.69, 9.17) is 15.9 Å². The molecule has 0 amide bonds. The molecule has 1 aromatic carbocycles. The monoisotopic (exact) mass is 255 g/mol. The Labute approximate surface area is 101 Å². The zero-order valence-electron chi connectivity index (χ0n) is 9.56. The van der Waals surface area contributed by atoms with Crippen LogP contribution in [0.15, 0.2) is 23.1 Å². The van der Waals surface area contributed by atoms with Crippen molar-refractivity contribution < 1.29 is 17.9 Å². The number of ether oxygens (including phenoxy) is 2. The minimum absolute atomic E-state index is 0.00500. The van der Waals surface area contributed by atoms with Crippen molar-refractivity contribution >= 4 is 10.0 Å². The van der Waals surface area contributed by atoms with Gasteiger partial charge in [0.05, 0.1) is 20.8 Å². The molecule has 0 aliphatic heterocycles. The average molecular weight is 255 g/mol. The molecule has 0 heterocycles. The van der Waals surface area contributed by atoms with Gasteiger partial charge in [0.1, 0.15) is 16.4 Å². The lowest BCUT2D eigenvalue weighted by Gasteiger charge is -2.10. The van der Waals surface area contributed by atoms with E-state index in [2.05, 4.69) is 10.6 Å². The minimum atomic E-state index is -3.70. The molecule has 0 unspecified atom stereocenters. The summed E-state index contributed by atoms with van der Waals surface area (Å²) in [5, 5.41) is 0. The van der Waals surface area contributed by atoms with Gasteiger partial charge in [-0.05, 0) is 12.1 Å². The topological polar surface area (TPSA) is 64.6 Å². The van der Waals surface area contributed by atoms with E-state index in [1.807, 2.05) is 0 Å². The van der Waals surface area contributed by atoms with Gasteiger partial charge in [0.25, 0.3) is 0 Å². The molecule has 0 aliphatic carbocycles. The molecule has 0 atom stereocenters. The number of methoxy groups -OCH3 is 2. The highest BCUT2D eigenvalue weighted by Crippen LogP contribution is 2.27. The largest absolute Gasteiger partial charge is 0.497 e. The molecule has 0 aromatic heterocycles. The predicted molar refractivity (Wildman–Crippen MR) is 63.6 cm³/mol. The summed E-state index contributed by atoms with van der Waals surface area (Å²) in [5.41, 5.74) is 0. The Morgan fingerprint density at radius 3 is 2.59 bits per heavy atom. The first-order valence-electron chi connectivity index (χ1n) is 4.70. The molecular weight excluding hydrogens is 242 g/mol. The van der Waals surface area contributed by atoms with Crippen LogP contribution in [0.25, 0.3) is 0 Å². The Hall–Kier alpha value is -1.71. The smallest absolute Gasteiger partial charge is 0.245 e. The highest BCUT2D eigenvalue weighted by molar-refractivity contribution is 7.89. The summed E-state index contributed by atoms with van der Waals surface area (Å²) in [6.07, 6.45) is 5.01. The van der Waals surface area contributed by atoms with Crippen LogP contribution in [0, 0.1) is 12.3 Å². The molecule has 17 heavy (non-hydrogen) atoms. The number of rotatable bonds is 5. The fourth-order valence-electron chi connectivity index (χ4n) is 1.21. The van der Waals surface area contributed by atoms with Crippen molar-refractivity contribution in [3.63, 3.8) is 0 Å². The van der Waals surface area contributed by atoms with E-state index in [-0.39, 0.29) is 17.2 Å². The van der Waals surface area contributed by atoms with Crippen LogP contribution < -0.4 is 14.2 Å². The molecule has 0 saturated carbocycles. The molecule has 5 nitrogen and oxygen atoms in total. The van der Waals surface area contributed by atoms with E-state index < -0.39 is 10.0 Å². The zero-order valence-corrected chi connectivity index (χ0v) is 10.4. The highest BCUT2D eigenvalue weighted by atomic mass is 32.2. The molecule has 1 rings (SSSR count). The average Bonchev–Trinajstić information content (AvgIpc) is 2.35. The maximum Gasteiger partial charge on any atom is 0.245 e. The summed E-state index contributed by atoms with van der Waals surface area (Å²) in [6, 6.07) is 4.50. The van der Waals surface area contributed by atoms with Crippen LogP contribution in [-0.4, -0.2) is 29.2 Å². The third-order valence-electron chi connectivity index (χ3n) is 2.02. The number of terminal acetylenes is 1. The molecule has 0 radical (unpaired) electrons. The van der Waals surface area contributed by atoms with Gasteiger partial charge in [-0.15, -0.1) is 6.42 Å². The van der Waals surface area contributed by atoms with Crippen molar-refractivity contribution in [2.24, 2.45) is 0 Å². The van der Waals surface area contributed by atoms with Crippen molar-refractivity contribution in [2.45, 2.75) is 4.90 Å². The van der Waals surface area contributed by atoms with Crippen molar-refractivity contribution in [1.82, 2.24) is 4.72 Å².